The minimum atomic E-state index is -1.09. The van der Waals surface area contributed by atoms with Gasteiger partial charge in [-0.15, -0.1) is 12.4 Å². The van der Waals surface area contributed by atoms with Crippen molar-refractivity contribution in [3.63, 3.8) is 0 Å². The predicted molar refractivity (Wildman–Crippen MR) is 118 cm³/mol. The summed E-state index contributed by atoms with van der Waals surface area (Å²) in [5.41, 5.74) is 8.49. The number of nitrogens with one attached hydrogen (secondary N) is 2. The molecular weight excluding hydrogens is 405 g/mol. The Labute approximate surface area is 181 Å². The smallest absolute Gasteiger partial charge is 0.254 e. The van der Waals surface area contributed by atoms with E-state index in [1.54, 1.807) is 36.4 Å². The molecule has 0 spiro atoms. The summed E-state index contributed by atoms with van der Waals surface area (Å²) in [7, 11) is 1.38. The number of rotatable bonds is 7. The van der Waals surface area contributed by atoms with Gasteiger partial charge in [0.1, 0.15) is 11.7 Å². The van der Waals surface area contributed by atoms with Crippen molar-refractivity contribution in [3.8, 4) is 11.1 Å². The number of methoxy groups -OCH3 is 1. The zero-order valence-corrected chi connectivity index (χ0v) is 17.2. The molecule has 3 rings (SSSR count). The minimum Gasteiger partial charge on any atom is -0.384 e. The normalized spacial score (nSPS) is 11.3. The first-order valence-electron chi connectivity index (χ1n) is 9.09. The van der Waals surface area contributed by atoms with Crippen molar-refractivity contribution in [1.29, 1.82) is 5.41 Å². The number of nitrogens with two attached hydrogens (primary N) is 1. The average Bonchev–Trinajstić information content (AvgIpc) is 2.74. The highest BCUT2D eigenvalue weighted by Gasteiger charge is 2.26. The van der Waals surface area contributed by atoms with Crippen molar-refractivity contribution in [1.82, 2.24) is 5.32 Å². The lowest BCUT2D eigenvalue weighted by Crippen LogP contribution is -2.30. The molecule has 5 nitrogen and oxygen atoms in total. The van der Waals surface area contributed by atoms with Crippen LogP contribution in [0.25, 0.3) is 11.1 Å². The van der Waals surface area contributed by atoms with Crippen molar-refractivity contribution in [2.24, 2.45) is 5.73 Å². The van der Waals surface area contributed by atoms with E-state index >= 15 is 0 Å². The summed E-state index contributed by atoms with van der Waals surface area (Å²) in [6, 6.07) is 21.0. The Kier molecular flexibility index (Phi) is 8.09. The van der Waals surface area contributed by atoms with Crippen LogP contribution in [0.15, 0.2) is 72.8 Å². The summed E-state index contributed by atoms with van der Waals surface area (Å²) in [5.74, 6) is -0.961. The maximum Gasteiger partial charge on any atom is 0.254 e. The average molecular weight is 428 g/mol. The summed E-state index contributed by atoms with van der Waals surface area (Å²) < 4.78 is 20.1. The molecule has 0 aromatic heterocycles. The van der Waals surface area contributed by atoms with E-state index in [-0.39, 0.29) is 30.4 Å². The van der Waals surface area contributed by atoms with Crippen LogP contribution in [0.4, 0.5) is 4.39 Å². The zero-order chi connectivity index (χ0) is 20.8. The van der Waals surface area contributed by atoms with Crippen molar-refractivity contribution in [2.45, 2.75) is 12.6 Å². The lowest BCUT2D eigenvalue weighted by Gasteiger charge is -2.20. The van der Waals surface area contributed by atoms with Crippen LogP contribution < -0.4 is 11.1 Å². The van der Waals surface area contributed by atoms with Crippen LogP contribution in [-0.2, 0) is 16.1 Å². The van der Waals surface area contributed by atoms with Gasteiger partial charge in [-0.3, -0.25) is 10.2 Å². The Morgan fingerprint density at radius 3 is 2.33 bits per heavy atom. The van der Waals surface area contributed by atoms with E-state index in [1.165, 1.54) is 13.2 Å². The molecule has 7 heteroatoms. The number of amides is 1. The molecule has 0 radical (unpaired) electrons. The monoisotopic (exact) mass is 427 g/mol. The van der Waals surface area contributed by atoms with Crippen molar-refractivity contribution < 1.29 is 13.9 Å². The van der Waals surface area contributed by atoms with Crippen LogP contribution in [-0.4, -0.2) is 18.9 Å². The van der Waals surface area contributed by atoms with Crippen LogP contribution in [0.3, 0.4) is 0 Å². The third-order valence-electron chi connectivity index (χ3n) is 4.61. The summed E-state index contributed by atoms with van der Waals surface area (Å²) in [5, 5.41) is 10.2. The van der Waals surface area contributed by atoms with Crippen molar-refractivity contribution in [2.75, 3.05) is 7.11 Å². The molecule has 0 bridgehead atoms. The van der Waals surface area contributed by atoms with E-state index in [1.807, 2.05) is 30.3 Å². The first-order chi connectivity index (χ1) is 14.0. The number of nitrogen functional groups attached to an aromatic ring is 1. The van der Waals surface area contributed by atoms with Gasteiger partial charge in [-0.1, -0.05) is 66.7 Å². The lowest BCUT2D eigenvalue weighted by molar-refractivity contribution is -0.131. The summed E-state index contributed by atoms with van der Waals surface area (Å²) in [4.78, 5) is 12.8. The van der Waals surface area contributed by atoms with E-state index in [9.17, 15) is 9.18 Å². The number of benzene rings is 3. The van der Waals surface area contributed by atoms with Crippen molar-refractivity contribution >= 4 is 24.1 Å². The Bertz CT molecular complexity index is 1010. The maximum absolute atomic E-state index is 14.7. The predicted octanol–water partition coefficient (Wildman–Crippen LogP) is 4.20. The van der Waals surface area contributed by atoms with Gasteiger partial charge in [0.25, 0.3) is 5.91 Å². The van der Waals surface area contributed by atoms with Gasteiger partial charge in [0, 0.05) is 24.8 Å². The van der Waals surface area contributed by atoms with Crippen molar-refractivity contribution in [3.05, 3.63) is 95.3 Å². The lowest BCUT2D eigenvalue weighted by atomic mass is 9.95. The Balaban J connectivity index is 0.00000320. The molecule has 3 aromatic rings. The first kappa shape index (κ1) is 23.1. The molecule has 0 unspecified atom stereocenters. The van der Waals surface area contributed by atoms with Gasteiger partial charge in [-0.2, -0.15) is 0 Å². The standard InChI is InChI=1S/C23H22FN3O2.ClH/c1-29-21(23(28)27-14-15-10-12-17(13-11-15)22(25)26)20-18(8-5-9-19(20)24)16-6-3-2-4-7-16;/h2-13,21H,14H2,1H3,(H3,25,26)(H,27,28);1H/t21-;/m0./s1. The Hall–Kier alpha value is -3.22. The van der Waals surface area contributed by atoms with E-state index in [0.29, 0.717) is 11.1 Å². The van der Waals surface area contributed by atoms with E-state index in [2.05, 4.69) is 5.32 Å². The third-order valence-corrected chi connectivity index (χ3v) is 4.61. The van der Waals surface area contributed by atoms with Gasteiger partial charge in [-0.25, -0.2) is 4.39 Å². The molecule has 0 aliphatic carbocycles. The molecule has 1 atom stereocenters. The largest absolute Gasteiger partial charge is 0.384 e. The first-order valence-corrected chi connectivity index (χ1v) is 9.09. The third kappa shape index (κ3) is 5.23. The fraction of sp³-hybridized carbons (Fsp3) is 0.130. The van der Waals surface area contributed by atoms with Gasteiger partial charge >= 0.3 is 0 Å². The summed E-state index contributed by atoms with van der Waals surface area (Å²) >= 11 is 0. The van der Waals surface area contributed by atoms with Crippen LogP contribution in [0.5, 0.6) is 0 Å². The van der Waals surface area contributed by atoms with Crippen LogP contribution in [0, 0.1) is 11.2 Å². The fourth-order valence-electron chi connectivity index (χ4n) is 3.11. The van der Waals surface area contributed by atoms with Crippen LogP contribution >= 0.6 is 12.4 Å². The molecule has 0 heterocycles. The second-order valence-electron chi connectivity index (χ2n) is 6.51. The number of amidine groups is 1. The van der Waals surface area contributed by atoms with Gasteiger partial charge in [0.05, 0.1) is 0 Å². The number of ether oxygens (including phenoxy) is 1. The molecule has 0 aliphatic heterocycles. The van der Waals surface area contributed by atoms with Crippen LogP contribution in [0.2, 0.25) is 0 Å². The molecule has 0 saturated carbocycles. The second kappa shape index (κ2) is 10.5. The van der Waals surface area contributed by atoms with Gasteiger partial charge in [-0.05, 0) is 22.8 Å². The molecule has 0 saturated heterocycles. The quantitative estimate of drug-likeness (QED) is 0.390. The van der Waals surface area contributed by atoms with Gasteiger partial charge in [0.2, 0.25) is 0 Å². The Morgan fingerprint density at radius 2 is 1.73 bits per heavy atom. The molecular formula is C23H23ClFN3O2. The van der Waals surface area contributed by atoms with Gasteiger partial charge < -0.3 is 15.8 Å². The minimum absolute atomic E-state index is 0. The van der Waals surface area contributed by atoms with E-state index in [0.717, 1.165) is 11.1 Å². The number of carbonyl (C=O) groups excluding carboxylic acids is 1. The summed E-state index contributed by atoms with van der Waals surface area (Å²) in [6.07, 6.45) is -1.09. The van der Waals surface area contributed by atoms with E-state index in [4.69, 9.17) is 15.9 Å². The topological polar surface area (TPSA) is 88.2 Å². The number of halogens is 2. The molecule has 156 valence electrons. The number of carbonyl (C=O) groups is 1. The highest BCUT2D eigenvalue weighted by atomic mass is 35.5. The number of hydrogen-bond donors (Lipinski definition) is 3. The molecule has 0 fully saturated rings. The maximum atomic E-state index is 14.7. The van der Waals surface area contributed by atoms with Crippen LogP contribution in [0.1, 0.15) is 22.8 Å². The van der Waals surface area contributed by atoms with E-state index < -0.39 is 17.8 Å². The summed E-state index contributed by atoms with van der Waals surface area (Å²) in [6.45, 7) is 0.242. The second-order valence-corrected chi connectivity index (χ2v) is 6.51. The zero-order valence-electron chi connectivity index (χ0n) is 16.4. The molecule has 1 amide bonds. The molecule has 3 aromatic carbocycles. The highest BCUT2D eigenvalue weighted by Crippen LogP contribution is 2.32. The fourth-order valence-corrected chi connectivity index (χ4v) is 3.11. The number of hydrogen-bond acceptors (Lipinski definition) is 3. The highest BCUT2D eigenvalue weighted by molar-refractivity contribution is 5.94. The van der Waals surface area contributed by atoms with Gasteiger partial charge in [0.15, 0.2) is 6.10 Å². The SMILES string of the molecule is CO[C@H](C(=O)NCc1ccc(C(=N)N)cc1)c1c(F)cccc1-c1ccccc1.Cl. The molecule has 0 aliphatic rings. The Morgan fingerprint density at radius 1 is 1.07 bits per heavy atom. The molecule has 30 heavy (non-hydrogen) atoms. The molecule has 4 N–H and O–H groups in total.